The maximum atomic E-state index is 11.6. The second-order valence-corrected chi connectivity index (χ2v) is 11.0. The summed E-state index contributed by atoms with van der Waals surface area (Å²) in [5.41, 5.74) is 7.90. The largest absolute Gasteiger partial charge is 0.488 e. The van der Waals surface area contributed by atoms with Gasteiger partial charge in [-0.05, 0) is 79.1 Å². The standard InChI is InChI=1S/C33H36N4O5/c1-21-6-4-7-27(29-8-5-9-30(35-29)37-32(40-3)28(18-34-37)33(38)39)31(21)42-20-24-11-10-23-19-36(15-12-26(23)22(24)2)25-13-16-41-17-14-25/h4-11,18,25H,12-17,19-20H2,1-3H3,(H,38,39). The zero-order chi connectivity index (χ0) is 29.2. The van der Waals surface area contributed by atoms with Crippen molar-refractivity contribution in [3.05, 3.63) is 88.1 Å². The molecule has 218 valence electrons. The van der Waals surface area contributed by atoms with E-state index >= 15 is 0 Å². The number of carboxylic acids is 1. The molecule has 1 saturated heterocycles. The summed E-state index contributed by atoms with van der Waals surface area (Å²) >= 11 is 0. The quantitative estimate of drug-likeness (QED) is 0.303. The second kappa shape index (κ2) is 12.0. The molecule has 6 rings (SSSR count). The summed E-state index contributed by atoms with van der Waals surface area (Å²) in [6.07, 6.45) is 4.56. The molecule has 9 nitrogen and oxygen atoms in total. The van der Waals surface area contributed by atoms with Crippen molar-refractivity contribution >= 4 is 5.97 Å². The van der Waals surface area contributed by atoms with Gasteiger partial charge in [-0.3, -0.25) is 4.90 Å². The molecule has 1 fully saturated rings. The van der Waals surface area contributed by atoms with Crippen LogP contribution in [0.4, 0.5) is 0 Å². The van der Waals surface area contributed by atoms with E-state index in [0.717, 1.165) is 62.4 Å². The molecular formula is C33H36N4O5. The van der Waals surface area contributed by atoms with E-state index in [-0.39, 0.29) is 11.4 Å². The van der Waals surface area contributed by atoms with Gasteiger partial charge in [0.15, 0.2) is 5.82 Å². The molecule has 2 aromatic carbocycles. The minimum absolute atomic E-state index is 0.0269. The highest BCUT2D eigenvalue weighted by Crippen LogP contribution is 2.35. The van der Waals surface area contributed by atoms with Crippen LogP contribution in [-0.4, -0.2) is 63.7 Å². The van der Waals surface area contributed by atoms with Crippen LogP contribution in [0, 0.1) is 13.8 Å². The number of ether oxygens (including phenoxy) is 3. The molecule has 0 radical (unpaired) electrons. The van der Waals surface area contributed by atoms with E-state index in [0.29, 0.717) is 24.2 Å². The SMILES string of the molecule is COc1c(C(=O)O)cnn1-c1cccc(-c2cccc(C)c2OCc2ccc3c(c2C)CCN(C2CCOCC2)C3)n1. The Hall–Kier alpha value is -4.21. The highest BCUT2D eigenvalue weighted by atomic mass is 16.5. The number of carboxylic acid groups (broad SMARTS) is 1. The van der Waals surface area contributed by atoms with Crippen LogP contribution in [0.5, 0.6) is 11.6 Å². The lowest BCUT2D eigenvalue weighted by Gasteiger charge is -2.38. The molecular weight excluding hydrogens is 532 g/mol. The van der Waals surface area contributed by atoms with Gasteiger partial charge in [-0.25, -0.2) is 9.78 Å². The predicted octanol–water partition coefficient (Wildman–Crippen LogP) is 5.37. The Bertz CT molecular complexity index is 1610. The van der Waals surface area contributed by atoms with Crippen molar-refractivity contribution in [3.8, 4) is 28.7 Å². The van der Waals surface area contributed by atoms with Gasteiger partial charge in [-0.1, -0.05) is 30.3 Å². The van der Waals surface area contributed by atoms with Crippen molar-refractivity contribution in [3.63, 3.8) is 0 Å². The zero-order valence-electron chi connectivity index (χ0n) is 24.3. The van der Waals surface area contributed by atoms with Crippen molar-refractivity contribution < 1.29 is 24.1 Å². The third-order valence-corrected chi connectivity index (χ3v) is 8.50. The van der Waals surface area contributed by atoms with E-state index in [4.69, 9.17) is 19.2 Å². The average molecular weight is 569 g/mol. The number of rotatable bonds is 8. The van der Waals surface area contributed by atoms with Gasteiger partial charge in [0.25, 0.3) is 0 Å². The molecule has 2 aliphatic heterocycles. The number of hydrogen-bond acceptors (Lipinski definition) is 7. The molecule has 0 amide bonds. The molecule has 4 heterocycles. The Labute approximate surface area is 245 Å². The van der Waals surface area contributed by atoms with Crippen molar-refractivity contribution in [2.24, 2.45) is 0 Å². The number of para-hydroxylation sites is 1. The van der Waals surface area contributed by atoms with E-state index in [1.807, 2.05) is 37.3 Å². The van der Waals surface area contributed by atoms with Crippen LogP contribution >= 0.6 is 0 Å². The van der Waals surface area contributed by atoms with Gasteiger partial charge in [0.2, 0.25) is 5.88 Å². The molecule has 2 aromatic heterocycles. The monoisotopic (exact) mass is 568 g/mol. The summed E-state index contributed by atoms with van der Waals surface area (Å²) in [6.45, 7) is 8.52. The number of aromatic carboxylic acids is 1. The first-order valence-electron chi connectivity index (χ1n) is 14.4. The van der Waals surface area contributed by atoms with Crippen LogP contribution in [0.1, 0.15) is 51.0 Å². The van der Waals surface area contributed by atoms with E-state index in [1.54, 1.807) is 6.07 Å². The first-order chi connectivity index (χ1) is 20.4. The number of hydrogen-bond donors (Lipinski definition) is 1. The molecule has 2 aliphatic rings. The van der Waals surface area contributed by atoms with E-state index < -0.39 is 5.97 Å². The fraction of sp³-hybridized carbons (Fsp3) is 0.364. The minimum atomic E-state index is -1.11. The highest BCUT2D eigenvalue weighted by molar-refractivity contribution is 5.90. The molecule has 4 aromatic rings. The van der Waals surface area contributed by atoms with Gasteiger partial charge in [-0.2, -0.15) is 9.78 Å². The van der Waals surface area contributed by atoms with E-state index in [9.17, 15) is 9.90 Å². The Morgan fingerprint density at radius 1 is 1.10 bits per heavy atom. The number of benzene rings is 2. The highest BCUT2D eigenvalue weighted by Gasteiger charge is 2.27. The first-order valence-corrected chi connectivity index (χ1v) is 14.4. The Morgan fingerprint density at radius 3 is 2.69 bits per heavy atom. The number of carbonyl (C=O) groups is 1. The summed E-state index contributed by atoms with van der Waals surface area (Å²) in [5, 5.41) is 13.7. The van der Waals surface area contributed by atoms with Crippen molar-refractivity contribution in [2.75, 3.05) is 26.9 Å². The van der Waals surface area contributed by atoms with Crippen molar-refractivity contribution in [2.45, 2.75) is 52.3 Å². The summed E-state index contributed by atoms with van der Waals surface area (Å²) < 4.78 is 18.8. The van der Waals surface area contributed by atoms with Crippen LogP contribution in [-0.2, 0) is 24.3 Å². The van der Waals surface area contributed by atoms with Crippen molar-refractivity contribution in [1.29, 1.82) is 0 Å². The van der Waals surface area contributed by atoms with Gasteiger partial charge >= 0.3 is 5.97 Å². The number of aryl methyl sites for hydroxylation is 1. The smallest absolute Gasteiger partial charge is 0.342 e. The second-order valence-electron chi connectivity index (χ2n) is 11.0. The summed E-state index contributed by atoms with van der Waals surface area (Å²) in [5.74, 6) is 0.220. The van der Waals surface area contributed by atoms with Gasteiger partial charge in [0.1, 0.15) is 17.9 Å². The maximum absolute atomic E-state index is 11.6. The normalized spacial score (nSPS) is 15.8. The van der Waals surface area contributed by atoms with Gasteiger partial charge in [0, 0.05) is 37.9 Å². The third-order valence-electron chi connectivity index (χ3n) is 8.50. The van der Waals surface area contributed by atoms with E-state index in [1.165, 1.54) is 40.2 Å². The van der Waals surface area contributed by atoms with Crippen molar-refractivity contribution in [1.82, 2.24) is 19.7 Å². The molecule has 9 heteroatoms. The third kappa shape index (κ3) is 5.37. The first kappa shape index (κ1) is 27.9. The molecule has 0 atom stereocenters. The Balaban J connectivity index is 1.24. The zero-order valence-corrected chi connectivity index (χ0v) is 24.3. The topological polar surface area (TPSA) is 98.9 Å². The number of aromatic nitrogens is 3. The molecule has 0 aliphatic carbocycles. The number of pyridine rings is 1. The Kier molecular flexibility index (Phi) is 7.95. The number of methoxy groups -OCH3 is 1. The molecule has 0 saturated carbocycles. The lowest BCUT2D eigenvalue weighted by molar-refractivity contribution is 0.0290. The number of nitrogens with zero attached hydrogens (tertiary/aromatic N) is 4. The lowest BCUT2D eigenvalue weighted by Crippen LogP contribution is -2.42. The van der Waals surface area contributed by atoms with E-state index in [2.05, 4.69) is 29.1 Å². The molecule has 0 unspecified atom stereocenters. The average Bonchev–Trinajstić information content (AvgIpc) is 3.46. The van der Waals surface area contributed by atoms with Crippen LogP contribution in [0.15, 0.2) is 54.7 Å². The van der Waals surface area contributed by atoms with Crippen LogP contribution in [0.3, 0.4) is 0 Å². The molecule has 1 N–H and O–H groups in total. The molecule has 42 heavy (non-hydrogen) atoms. The van der Waals surface area contributed by atoms with Crippen LogP contribution in [0.25, 0.3) is 17.1 Å². The van der Waals surface area contributed by atoms with Crippen LogP contribution < -0.4 is 9.47 Å². The van der Waals surface area contributed by atoms with Gasteiger partial charge in [0.05, 0.1) is 19.0 Å². The summed E-state index contributed by atoms with van der Waals surface area (Å²) in [4.78, 5) is 19.0. The van der Waals surface area contributed by atoms with Crippen LogP contribution in [0.2, 0.25) is 0 Å². The Morgan fingerprint density at radius 2 is 1.90 bits per heavy atom. The minimum Gasteiger partial charge on any atom is -0.488 e. The molecule has 0 spiro atoms. The summed E-state index contributed by atoms with van der Waals surface area (Å²) in [7, 11) is 1.42. The molecule has 0 bridgehead atoms. The predicted molar refractivity (Wildman–Crippen MR) is 159 cm³/mol. The summed E-state index contributed by atoms with van der Waals surface area (Å²) in [6, 6.07) is 16.6. The van der Waals surface area contributed by atoms with Gasteiger partial charge < -0.3 is 19.3 Å². The fourth-order valence-corrected chi connectivity index (χ4v) is 6.16. The van der Waals surface area contributed by atoms with Gasteiger partial charge in [-0.15, -0.1) is 0 Å². The number of fused-ring (bicyclic) bond motifs is 1. The fourth-order valence-electron chi connectivity index (χ4n) is 6.16. The lowest BCUT2D eigenvalue weighted by atomic mass is 9.90. The maximum Gasteiger partial charge on any atom is 0.342 e.